The maximum absolute atomic E-state index is 13.0. The lowest BCUT2D eigenvalue weighted by atomic mass is 10.2. The molecule has 0 atom stereocenters. The van der Waals surface area contributed by atoms with Crippen LogP contribution in [0.4, 0.5) is 5.69 Å². The van der Waals surface area contributed by atoms with E-state index in [0.717, 1.165) is 4.88 Å². The Morgan fingerprint density at radius 3 is 2.38 bits per heavy atom. The van der Waals surface area contributed by atoms with Gasteiger partial charge in [0.15, 0.2) is 0 Å². The fourth-order valence-electron chi connectivity index (χ4n) is 2.57. The van der Waals surface area contributed by atoms with Crippen LogP contribution >= 0.6 is 11.3 Å². The van der Waals surface area contributed by atoms with Gasteiger partial charge in [-0.2, -0.15) is 0 Å². The highest BCUT2D eigenvalue weighted by Gasteiger charge is 2.17. The lowest BCUT2D eigenvalue weighted by molar-refractivity contribution is -0.113. The second-order valence-corrected chi connectivity index (χ2v) is 7.49. The molecule has 1 heterocycles. The number of hydrogen-bond acceptors (Lipinski definition) is 4. The fourth-order valence-corrected chi connectivity index (χ4v) is 3.23. The largest absolute Gasteiger partial charge is 0.489 e. The van der Waals surface area contributed by atoms with Gasteiger partial charge in [-0.05, 0) is 55.6 Å². The maximum atomic E-state index is 13.0. The van der Waals surface area contributed by atoms with Gasteiger partial charge in [-0.15, -0.1) is 11.3 Å². The minimum atomic E-state index is -0.428. The molecule has 0 saturated heterocycles. The molecule has 2 N–H and O–H groups in total. The van der Waals surface area contributed by atoms with Gasteiger partial charge >= 0.3 is 0 Å². The van der Waals surface area contributed by atoms with Crippen LogP contribution in [0, 0.1) is 0 Å². The molecule has 0 saturated carbocycles. The Balaban J connectivity index is 1.85. The van der Waals surface area contributed by atoms with Gasteiger partial charge < -0.3 is 15.4 Å². The van der Waals surface area contributed by atoms with Crippen LogP contribution in [0.2, 0.25) is 0 Å². The summed E-state index contributed by atoms with van der Waals surface area (Å²) in [6.45, 7) is 3.83. The molecule has 0 bridgehead atoms. The van der Waals surface area contributed by atoms with Gasteiger partial charge in [0.2, 0.25) is 0 Å². The van der Waals surface area contributed by atoms with Gasteiger partial charge in [0, 0.05) is 10.4 Å². The van der Waals surface area contributed by atoms with Gasteiger partial charge in [0.1, 0.15) is 11.4 Å². The van der Waals surface area contributed by atoms with Crippen molar-refractivity contribution in [2.24, 2.45) is 0 Å². The smallest absolute Gasteiger partial charge is 0.272 e. The molecule has 0 radical (unpaired) electrons. The van der Waals surface area contributed by atoms with E-state index in [1.165, 1.54) is 11.3 Å². The Morgan fingerprint density at radius 2 is 1.69 bits per heavy atom. The number of amides is 2. The number of rotatable bonds is 7. The number of nitrogens with one attached hydrogen (secondary N) is 2. The zero-order chi connectivity index (χ0) is 20.6. The highest BCUT2D eigenvalue weighted by molar-refractivity contribution is 7.10. The standard InChI is InChI=1S/C23H22N2O3S/c1-16(2)28-21-13-7-6-12-19(21)24-23(27)20(15-18-11-8-14-29-18)25-22(26)17-9-4-3-5-10-17/h3-16H,1-2H3,(H,24,27)(H,25,26)/b20-15-. The van der Waals surface area contributed by atoms with E-state index in [1.807, 2.05) is 49.6 Å². The minimum absolute atomic E-state index is 0.0352. The molecule has 6 heteroatoms. The van der Waals surface area contributed by atoms with E-state index in [1.54, 1.807) is 42.5 Å². The Hall–Kier alpha value is -3.38. The second kappa shape index (κ2) is 9.71. The van der Waals surface area contributed by atoms with Crippen LogP contribution in [0.15, 0.2) is 77.8 Å². The highest BCUT2D eigenvalue weighted by Crippen LogP contribution is 2.25. The van der Waals surface area contributed by atoms with Gasteiger partial charge in [-0.1, -0.05) is 36.4 Å². The predicted octanol–water partition coefficient (Wildman–Crippen LogP) is 4.94. The average molecular weight is 407 g/mol. The topological polar surface area (TPSA) is 67.4 Å². The number of hydrogen-bond donors (Lipinski definition) is 2. The molecule has 0 spiro atoms. The molecule has 0 aliphatic rings. The van der Waals surface area contributed by atoms with Crippen molar-refractivity contribution in [1.29, 1.82) is 0 Å². The normalized spacial score (nSPS) is 11.2. The van der Waals surface area contributed by atoms with Crippen molar-refractivity contribution in [2.75, 3.05) is 5.32 Å². The number of thiophene rings is 1. The van der Waals surface area contributed by atoms with Crippen molar-refractivity contribution in [3.05, 3.63) is 88.2 Å². The second-order valence-electron chi connectivity index (χ2n) is 6.51. The zero-order valence-electron chi connectivity index (χ0n) is 16.2. The molecule has 3 rings (SSSR count). The van der Waals surface area contributed by atoms with Gasteiger partial charge in [-0.3, -0.25) is 9.59 Å². The van der Waals surface area contributed by atoms with Crippen molar-refractivity contribution in [1.82, 2.24) is 5.32 Å². The Morgan fingerprint density at radius 1 is 0.966 bits per heavy atom. The average Bonchev–Trinajstić information content (AvgIpc) is 3.22. The van der Waals surface area contributed by atoms with Crippen molar-refractivity contribution < 1.29 is 14.3 Å². The fraction of sp³-hybridized carbons (Fsp3) is 0.130. The molecule has 3 aromatic rings. The molecule has 148 valence electrons. The van der Waals surface area contributed by atoms with Crippen LogP contribution in [-0.2, 0) is 4.79 Å². The van der Waals surface area contributed by atoms with E-state index in [-0.39, 0.29) is 17.7 Å². The van der Waals surface area contributed by atoms with Crippen molar-refractivity contribution in [2.45, 2.75) is 20.0 Å². The Bertz CT molecular complexity index is 996. The lowest BCUT2D eigenvalue weighted by Crippen LogP contribution is -2.30. The molecule has 1 aromatic heterocycles. The summed E-state index contributed by atoms with van der Waals surface area (Å²) in [6, 6.07) is 19.7. The van der Waals surface area contributed by atoms with Crippen LogP contribution < -0.4 is 15.4 Å². The summed E-state index contributed by atoms with van der Waals surface area (Å²) in [5, 5.41) is 7.48. The number of para-hydroxylation sites is 2. The number of ether oxygens (including phenoxy) is 1. The van der Waals surface area contributed by atoms with Crippen molar-refractivity contribution in [3.8, 4) is 5.75 Å². The Kier molecular flexibility index (Phi) is 6.81. The van der Waals surface area contributed by atoms with E-state index >= 15 is 0 Å². The molecule has 0 aliphatic carbocycles. The van der Waals surface area contributed by atoms with Gasteiger partial charge in [0.05, 0.1) is 11.8 Å². The van der Waals surface area contributed by atoms with E-state index in [2.05, 4.69) is 10.6 Å². The van der Waals surface area contributed by atoms with Crippen LogP contribution in [-0.4, -0.2) is 17.9 Å². The number of carbonyl (C=O) groups excluding carboxylic acids is 2. The molecule has 0 fully saturated rings. The number of carbonyl (C=O) groups is 2. The zero-order valence-corrected chi connectivity index (χ0v) is 17.0. The third kappa shape index (κ3) is 5.80. The van der Waals surface area contributed by atoms with Crippen molar-refractivity contribution >= 4 is 34.9 Å². The Labute approximate surface area is 174 Å². The molecule has 0 aliphatic heterocycles. The van der Waals surface area contributed by atoms with Gasteiger partial charge in [-0.25, -0.2) is 0 Å². The third-order valence-electron chi connectivity index (χ3n) is 3.86. The predicted molar refractivity (Wildman–Crippen MR) is 117 cm³/mol. The van der Waals surface area contributed by atoms with Crippen molar-refractivity contribution in [3.63, 3.8) is 0 Å². The summed E-state index contributed by atoms with van der Waals surface area (Å²) >= 11 is 1.48. The van der Waals surface area contributed by atoms with Crippen LogP contribution in [0.3, 0.4) is 0 Å². The van der Waals surface area contributed by atoms with E-state index in [0.29, 0.717) is 17.0 Å². The number of anilines is 1. The summed E-state index contributed by atoms with van der Waals surface area (Å²) in [7, 11) is 0. The lowest BCUT2D eigenvalue weighted by Gasteiger charge is -2.16. The third-order valence-corrected chi connectivity index (χ3v) is 4.68. The quantitative estimate of drug-likeness (QED) is 0.546. The van der Waals surface area contributed by atoms with Crippen LogP contribution in [0.1, 0.15) is 29.1 Å². The minimum Gasteiger partial charge on any atom is -0.489 e. The first kappa shape index (κ1) is 20.4. The molecule has 2 amide bonds. The van der Waals surface area contributed by atoms with Crippen LogP contribution in [0.25, 0.3) is 6.08 Å². The maximum Gasteiger partial charge on any atom is 0.272 e. The number of benzene rings is 2. The molecule has 0 unspecified atom stereocenters. The molecule has 5 nitrogen and oxygen atoms in total. The first-order valence-electron chi connectivity index (χ1n) is 9.21. The molecule has 29 heavy (non-hydrogen) atoms. The van der Waals surface area contributed by atoms with E-state index in [9.17, 15) is 9.59 Å². The molecule has 2 aromatic carbocycles. The summed E-state index contributed by atoms with van der Waals surface area (Å²) < 4.78 is 5.76. The van der Waals surface area contributed by atoms with Crippen LogP contribution in [0.5, 0.6) is 5.75 Å². The monoisotopic (exact) mass is 406 g/mol. The first-order chi connectivity index (χ1) is 14.0. The molecular formula is C23H22N2O3S. The summed E-state index contributed by atoms with van der Waals surface area (Å²) in [5.41, 5.74) is 1.17. The molecular weight excluding hydrogens is 384 g/mol. The van der Waals surface area contributed by atoms with Gasteiger partial charge in [0.25, 0.3) is 11.8 Å². The first-order valence-corrected chi connectivity index (χ1v) is 10.1. The summed E-state index contributed by atoms with van der Waals surface area (Å²) in [5.74, 6) is -0.210. The van der Waals surface area contributed by atoms with E-state index < -0.39 is 5.91 Å². The highest BCUT2D eigenvalue weighted by atomic mass is 32.1. The summed E-state index contributed by atoms with van der Waals surface area (Å²) in [6.07, 6.45) is 1.62. The van der Waals surface area contributed by atoms with E-state index in [4.69, 9.17) is 4.74 Å². The SMILES string of the molecule is CC(C)Oc1ccccc1NC(=O)/C(=C/c1cccs1)NC(=O)c1ccccc1. The summed E-state index contributed by atoms with van der Waals surface area (Å²) in [4.78, 5) is 26.5.